The van der Waals surface area contributed by atoms with Crippen molar-refractivity contribution in [2.75, 3.05) is 20.3 Å². The van der Waals surface area contributed by atoms with Gasteiger partial charge in [0.2, 0.25) is 0 Å². The van der Waals surface area contributed by atoms with Crippen LogP contribution in [0.15, 0.2) is 54.7 Å². The van der Waals surface area contributed by atoms with Crippen LogP contribution in [0, 0.1) is 6.92 Å². The quantitative estimate of drug-likeness (QED) is 0.505. The molecule has 0 saturated carbocycles. The Balaban J connectivity index is 1.76. The lowest BCUT2D eigenvalue weighted by Gasteiger charge is -2.25. The van der Waals surface area contributed by atoms with Crippen molar-refractivity contribution in [3.05, 3.63) is 71.5 Å². The highest BCUT2D eigenvalue weighted by atomic mass is 16.5. The molecule has 1 unspecified atom stereocenters. The van der Waals surface area contributed by atoms with Gasteiger partial charge in [0, 0.05) is 31.0 Å². The summed E-state index contributed by atoms with van der Waals surface area (Å²) in [5.41, 5.74) is 4.29. The van der Waals surface area contributed by atoms with Crippen molar-refractivity contribution >= 4 is 5.91 Å². The van der Waals surface area contributed by atoms with E-state index in [1.807, 2.05) is 43.3 Å². The monoisotopic (exact) mass is 409 g/mol. The molecule has 1 aromatic heterocycles. The Labute approximate surface area is 175 Å². The second kappa shape index (κ2) is 10.0. The average Bonchev–Trinajstić information content (AvgIpc) is 3.21. The molecule has 0 aliphatic carbocycles. The van der Waals surface area contributed by atoms with Gasteiger partial charge in [-0.2, -0.15) is 5.10 Å². The van der Waals surface area contributed by atoms with E-state index in [1.54, 1.807) is 30.3 Å². The van der Waals surface area contributed by atoms with Gasteiger partial charge in [0.1, 0.15) is 5.75 Å². The van der Waals surface area contributed by atoms with Crippen LogP contribution >= 0.6 is 0 Å². The van der Waals surface area contributed by atoms with E-state index in [9.17, 15) is 15.0 Å². The molecule has 0 saturated heterocycles. The van der Waals surface area contributed by atoms with Crippen LogP contribution in [-0.2, 0) is 11.3 Å². The van der Waals surface area contributed by atoms with Crippen molar-refractivity contribution in [1.82, 2.24) is 15.1 Å². The Kier molecular flexibility index (Phi) is 7.21. The largest absolute Gasteiger partial charge is 0.497 e. The highest BCUT2D eigenvalue weighted by Crippen LogP contribution is 2.25. The lowest BCUT2D eigenvalue weighted by atomic mass is 10.0. The Bertz CT molecular complexity index is 969. The molecule has 30 heavy (non-hydrogen) atoms. The summed E-state index contributed by atoms with van der Waals surface area (Å²) in [6, 6.07) is 14.7. The van der Waals surface area contributed by atoms with Crippen molar-refractivity contribution in [3.8, 4) is 16.9 Å². The lowest BCUT2D eigenvalue weighted by molar-refractivity contribution is -0.141. The first-order chi connectivity index (χ1) is 14.5. The minimum Gasteiger partial charge on any atom is -0.497 e. The average molecular weight is 409 g/mol. The molecule has 0 bridgehead atoms. The number of hydrogen-bond donors (Lipinski definition) is 3. The van der Waals surface area contributed by atoms with Crippen molar-refractivity contribution in [2.24, 2.45) is 0 Å². The summed E-state index contributed by atoms with van der Waals surface area (Å²) >= 11 is 0. The van der Waals surface area contributed by atoms with Gasteiger partial charge in [-0.05, 0) is 42.2 Å². The fourth-order valence-corrected chi connectivity index (χ4v) is 3.32. The molecule has 3 aromatic rings. The van der Waals surface area contributed by atoms with E-state index >= 15 is 0 Å². The van der Waals surface area contributed by atoms with Gasteiger partial charge in [-0.1, -0.05) is 36.4 Å². The van der Waals surface area contributed by atoms with Crippen LogP contribution < -0.4 is 4.74 Å². The molecule has 2 aromatic carbocycles. The molecule has 3 N–H and O–H groups in total. The van der Waals surface area contributed by atoms with E-state index < -0.39 is 12.0 Å². The molecule has 7 nitrogen and oxygen atoms in total. The number of carbonyl (C=O) groups excluding carboxylic acids is 1. The van der Waals surface area contributed by atoms with Gasteiger partial charge in [-0.15, -0.1) is 0 Å². The summed E-state index contributed by atoms with van der Waals surface area (Å²) in [5.74, 6) is 0.297. The molecule has 158 valence electrons. The number of aromatic nitrogens is 2. The lowest BCUT2D eigenvalue weighted by Crippen LogP contribution is -2.36. The summed E-state index contributed by atoms with van der Waals surface area (Å²) in [7, 11) is 1.59. The van der Waals surface area contributed by atoms with E-state index in [1.165, 1.54) is 0 Å². The van der Waals surface area contributed by atoms with Gasteiger partial charge >= 0.3 is 0 Å². The topological polar surface area (TPSA) is 98.7 Å². The van der Waals surface area contributed by atoms with Crippen molar-refractivity contribution in [1.29, 1.82) is 0 Å². The number of aliphatic hydroxyl groups excluding tert-OH is 2. The minimum absolute atomic E-state index is 0.0310. The number of nitrogens with one attached hydrogen (secondary N) is 1. The number of methoxy groups -OCH3 is 1. The number of rotatable bonds is 9. The predicted octanol–water partition coefficient (Wildman–Crippen LogP) is 2.84. The molecule has 0 radical (unpaired) electrons. The number of aliphatic hydroxyl groups is 2. The zero-order chi connectivity index (χ0) is 21.5. The van der Waals surface area contributed by atoms with Crippen molar-refractivity contribution < 1.29 is 19.7 Å². The molecule has 0 spiro atoms. The standard InChI is InChI=1S/C23H27N3O4/c1-16-21(14-24-25-16)18-7-9-19(10-8-18)22(28)23(29)26(11-4-12-27)15-17-5-3-6-20(13-17)30-2/h3,5-10,13-14,22,27-28H,4,11-12,15H2,1-2H3,(H,24,25). The SMILES string of the molecule is COc1cccc(CN(CCCO)C(=O)C(O)c2ccc(-c3cn[nH]c3C)cc2)c1. The molecule has 0 fully saturated rings. The summed E-state index contributed by atoms with van der Waals surface area (Å²) in [6.07, 6.45) is 0.895. The van der Waals surface area contributed by atoms with Crippen LogP contribution in [0.4, 0.5) is 0 Å². The number of aromatic amines is 1. The molecule has 3 rings (SSSR count). The van der Waals surface area contributed by atoms with E-state index in [0.29, 0.717) is 30.8 Å². The van der Waals surface area contributed by atoms with Gasteiger partial charge in [-0.3, -0.25) is 9.89 Å². The third-order valence-electron chi connectivity index (χ3n) is 5.01. The number of H-pyrrole nitrogens is 1. The fraction of sp³-hybridized carbons (Fsp3) is 0.304. The van der Waals surface area contributed by atoms with Crippen LogP contribution in [0.1, 0.15) is 29.3 Å². The number of hydrogen-bond acceptors (Lipinski definition) is 5. The maximum atomic E-state index is 13.0. The fourth-order valence-electron chi connectivity index (χ4n) is 3.32. The normalized spacial score (nSPS) is 11.9. The van der Waals surface area contributed by atoms with E-state index in [4.69, 9.17) is 4.74 Å². The maximum absolute atomic E-state index is 13.0. The van der Waals surface area contributed by atoms with Gasteiger partial charge in [0.05, 0.1) is 13.3 Å². The zero-order valence-electron chi connectivity index (χ0n) is 17.2. The zero-order valence-corrected chi connectivity index (χ0v) is 17.2. The predicted molar refractivity (Wildman–Crippen MR) is 114 cm³/mol. The van der Waals surface area contributed by atoms with Gasteiger partial charge in [0.15, 0.2) is 6.10 Å². The molecule has 7 heteroatoms. The molecule has 1 heterocycles. The Morgan fingerprint density at radius 3 is 2.63 bits per heavy atom. The van der Waals surface area contributed by atoms with E-state index in [2.05, 4.69) is 10.2 Å². The van der Waals surface area contributed by atoms with Crippen molar-refractivity contribution in [3.63, 3.8) is 0 Å². The summed E-state index contributed by atoms with van der Waals surface area (Å²) in [6.45, 7) is 2.57. The molecule has 0 aliphatic rings. The maximum Gasteiger partial charge on any atom is 0.256 e. The second-order valence-electron chi connectivity index (χ2n) is 7.12. The first-order valence-electron chi connectivity index (χ1n) is 9.84. The van der Waals surface area contributed by atoms with Crippen molar-refractivity contribution in [2.45, 2.75) is 26.0 Å². The number of benzene rings is 2. The minimum atomic E-state index is -1.28. The highest BCUT2D eigenvalue weighted by molar-refractivity contribution is 5.82. The smallest absolute Gasteiger partial charge is 0.256 e. The molecular weight excluding hydrogens is 382 g/mol. The number of nitrogens with zero attached hydrogens (tertiary/aromatic N) is 2. The number of carbonyl (C=O) groups is 1. The van der Waals surface area contributed by atoms with Crippen LogP contribution in [0.3, 0.4) is 0 Å². The molecule has 1 atom stereocenters. The third kappa shape index (κ3) is 5.06. The number of amides is 1. The van der Waals surface area contributed by atoms with E-state index in [0.717, 1.165) is 22.4 Å². The van der Waals surface area contributed by atoms with Gasteiger partial charge in [0.25, 0.3) is 5.91 Å². The van der Waals surface area contributed by atoms with E-state index in [-0.39, 0.29) is 6.61 Å². The number of ether oxygens (including phenoxy) is 1. The Morgan fingerprint density at radius 1 is 1.23 bits per heavy atom. The first-order valence-corrected chi connectivity index (χ1v) is 9.84. The summed E-state index contributed by atoms with van der Waals surface area (Å²) < 4.78 is 5.25. The number of aryl methyl sites for hydroxylation is 1. The van der Waals surface area contributed by atoms with Gasteiger partial charge in [-0.25, -0.2) is 0 Å². The Morgan fingerprint density at radius 2 is 2.00 bits per heavy atom. The van der Waals surface area contributed by atoms with Crippen LogP contribution in [0.2, 0.25) is 0 Å². The summed E-state index contributed by atoms with van der Waals surface area (Å²) in [5, 5.41) is 26.9. The second-order valence-corrected chi connectivity index (χ2v) is 7.12. The molecular formula is C23H27N3O4. The molecule has 1 amide bonds. The van der Waals surface area contributed by atoms with Crippen LogP contribution in [-0.4, -0.2) is 51.5 Å². The van der Waals surface area contributed by atoms with Crippen LogP contribution in [0.5, 0.6) is 5.75 Å². The van der Waals surface area contributed by atoms with Gasteiger partial charge < -0.3 is 19.8 Å². The highest BCUT2D eigenvalue weighted by Gasteiger charge is 2.24. The molecule has 0 aliphatic heterocycles. The third-order valence-corrected chi connectivity index (χ3v) is 5.01. The van der Waals surface area contributed by atoms with Crippen LogP contribution in [0.25, 0.3) is 11.1 Å². The summed E-state index contributed by atoms with van der Waals surface area (Å²) in [4.78, 5) is 14.6. The Hall–Kier alpha value is -3.16. The first kappa shape index (κ1) is 21.5.